The first-order valence-corrected chi connectivity index (χ1v) is 7.77. The Kier molecular flexibility index (Phi) is 3.96. The van der Waals surface area contributed by atoms with Gasteiger partial charge in [0, 0.05) is 5.56 Å². The van der Waals surface area contributed by atoms with Crippen molar-refractivity contribution in [2.75, 3.05) is 0 Å². The monoisotopic (exact) mass is 254 g/mol. The highest BCUT2D eigenvalue weighted by Gasteiger charge is 2.42. The van der Waals surface area contributed by atoms with Gasteiger partial charge in [0.1, 0.15) is 5.76 Å². The van der Waals surface area contributed by atoms with Crippen LogP contribution >= 0.6 is 0 Å². The van der Waals surface area contributed by atoms with Crippen molar-refractivity contribution in [3.05, 3.63) is 42.0 Å². The average Bonchev–Trinajstić information content (AvgIpc) is 2.45. The second kappa shape index (κ2) is 5.86. The van der Waals surface area contributed by atoms with Gasteiger partial charge in [0.2, 0.25) is 0 Å². The van der Waals surface area contributed by atoms with Crippen molar-refractivity contribution in [2.45, 2.75) is 57.1 Å². The molecule has 0 radical (unpaired) electrons. The molecule has 0 atom stereocenters. The van der Waals surface area contributed by atoms with Gasteiger partial charge in [-0.1, -0.05) is 68.9 Å². The van der Waals surface area contributed by atoms with Crippen LogP contribution in [0.3, 0.4) is 0 Å². The molecule has 1 aromatic carbocycles. The van der Waals surface area contributed by atoms with Crippen molar-refractivity contribution in [1.82, 2.24) is 0 Å². The molecule has 2 aliphatic rings. The molecular formula is C17H23BO. The largest absolute Gasteiger partial charge is 0.560 e. The summed E-state index contributed by atoms with van der Waals surface area (Å²) < 4.78 is 6.45. The molecule has 0 unspecified atom stereocenters. The fourth-order valence-corrected chi connectivity index (χ4v) is 3.86. The van der Waals surface area contributed by atoms with Crippen molar-refractivity contribution in [1.29, 1.82) is 0 Å². The molecular weight excluding hydrogens is 231 g/mol. The zero-order valence-electron chi connectivity index (χ0n) is 11.8. The highest BCUT2D eigenvalue weighted by Crippen LogP contribution is 2.47. The van der Waals surface area contributed by atoms with E-state index in [0.717, 1.165) is 17.4 Å². The van der Waals surface area contributed by atoms with Crippen molar-refractivity contribution >= 4 is 12.7 Å². The lowest BCUT2D eigenvalue weighted by Crippen LogP contribution is -2.36. The van der Waals surface area contributed by atoms with Gasteiger partial charge in [-0.3, -0.25) is 0 Å². The topological polar surface area (TPSA) is 9.23 Å². The van der Waals surface area contributed by atoms with E-state index >= 15 is 0 Å². The number of allylic oxidation sites excluding steroid dienone is 1. The number of fused-ring (bicyclic) bond motifs is 2. The maximum absolute atomic E-state index is 6.45. The van der Waals surface area contributed by atoms with Crippen molar-refractivity contribution in [3.8, 4) is 0 Å². The van der Waals surface area contributed by atoms with Crippen LogP contribution in [0.5, 0.6) is 0 Å². The summed E-state index contributed by atoms with van der Waals surface area (Å²) in [5.74, 6) is 2.67. The summed E-state index contributed by atoms with van der Waals surface area (Å²) in [5, 5.41) is 0. The molecule has 0 spiro atoms. The number of hydrogen-bond acceptors (Lipinski definition) is 1. The Morgan fingerprint density at radius 3 is 2.16 bits per heavy atom. The van der Waals surface area contributed by atoms with Crippen LogP contribution in [0.1, 0.15) is 51.0 Å². The van der Waals surface area contributed by atoms with Crippen LogP contribution in [0, 0.1) is 0 Å². The average molecular weight is 254 g/mol. The standard InChI is InChI=1S/C17H23BO/c1-2-17(14-8-4-3-5-9-14)19-18-15-10-6-11-16(18)13-7-12-15/h2-5,8-9,15-16H,6-7,10-13H2,1H3/b17-2+. The van der Waals surface area contributed by atoms with Gasteiger partial charge in [0.15, 0.2) is 0 Å². The van der Waals surface area contributed by atoms with E-state index in [1.807, 2.05) is 0 Å². The minimum atomic E-state index is 0.467. The van der Waals surface area contributed by atoms with Gasteiger partial charge in [-0.15, -0.1) is 0 Å². The minimum absolute atomic E-state index is 0.467. The molecule has 100 valence electrons. The summed E-state index contributed by atoms with van der Waals surface area (Å²) in [5.41, 5.74) is 1.22. The molecule has 2 fully saturated rings. The first kappa shape index (κ1) is 12.8. The van der Waals surface area contributed by atoms with Gasteiger partial charge in [0.25, 0.3) is 0 Å². The van der Waals surface area contributed by atoms with Gasteiger partial charge in [-0.25, -0.2) is 0 Å². The SMILES string of the molecule is C/C=C(/OB1C2CCCC1CCC2)c1ccccc1. The van der Waals surface area contributed by atoms with Crippen LogP contribution in [-0.2, 0) is 4.65 Å². The van der Waals surface area contributed by atoms with Gasteiger partial charge in [-0.05, 0) is 24.6 Å². The molecule has 2 heteroatoms. The first-order valence-electron chi connectivity index (χ1n) is 7.77. The molecule has 1 nitrogen and oxygen atoms in total. The maximum atomic E-state index is 6.45. The summed E-state index contributed by atoms with van der Waals surface area (Å²) in [6.45, 7) is 2.55. The minimum Gasteiger partial charge on any atom is -0.560 e. The Morgan fingerprint density at radius 2 is 1.63 bits per heavy atom. The Bertz CT molecular complexity index is 418. The first-order chi connectivity index (χ1) is 9.38. The molecule has 2 bridgehead atoms. The Labute approximate surface area is 117 Å². The second-order valence-electron chi connectivity index (χ2n) is 5.98. The summed E-state index contributed by atoms with van der Waals surface area (Å²) in [6.07, 6.45) is 10.4. The van der Waals surface area contributed by atoms with Crippen LogP contribution in [0.2, 0.25) is 11.6 Å². The second-order valence-corrected chi connectivity index (χ2v) is 5.98. The number of rotatable bonds is 3. The van der Waals surface area contributed by atoms with Crippen molar-refractivity contribution in [3.63, 3.8) is 0 Å². The van der Waals surface area contributed by atoms with E-state index in [4.69, 9.17) is 4.65 Å². The quantitative estimate of drug-likeness (QED) is 0.534. The summed E-state index contributed by atoms with van der Waals surface area (Å²) in [6, 6.07) is 10.5. The van der Waals surface area contributed by atoms with Gasteiger partial charge in [0.05, 0.1) is 0 Å². The fraction of sp³-hybridized carbons (Fsp3) is 0.529. The molecule has 0 aromatic heterocycles. The van der Waals surface area contributed by atoms with Crippen molar-refractivity contribution < 1.29 is 4.65 Å². The van der Waals surface area contributed by atoms with E-state index in [0.29, 0.717) is 6.92 Å². The van der Waals surface area contributed by atoms with E-state index in [-0.39, 0.29) is 0 Å². The molecule has 2 saturated heterocycles. The third-order valence-corrected chi connectivity index (χ3v) is 4.81. The van der Waals surface area contributed by atoms with Crippen molar-refractivity contribution in [2.24, 2.45) is 0 Å². The zero-order valence-corrected chi connectivity index (χ0v) is 11.8. The lowest BCUT2D eigenvalue weighted by atomic mass is 9.38. The molecule has 0 aliphatic carbocycles. The smallest absolute Gasteiger partial charge is 0.364 e. The Balaban J connectivity index is 1.76. The van der Waals surface area contributed by atoms with Gasteiger partial charge in [-0.2, -0.15) is 0 Å². The van der Waals surface area contributed by atoms with E-state index in [1.165, 1.54) is 44.1 Å². The lowest BCUT2D eigenvalue weighted by molar-refractivity contribution is 0.367. The van der Waals surface area contributed by atoms with Crippen LogP contribution in [0.15, 0.2) is 36.4 Å². The van der Waals surface area contributed by atoms with Crippen LogP contribution in [0.25, 0.3) is 5.76 Å². The Hall–Kier alpha value is -1.18. The lowest BCUT2D eigenvalue weighted by Gasteiger charge is -2.39. The molecule has 1 aromatic rings. The van der Waals surface area contributed by atoms with Crippen LogP contribution < -0.4 is 0 Å². The maximum Gasteiger partial charge on any atom is 0.364 e. The summed E-state index contributed by atoms with van der Waals surface area (Å²) in [4.78, 5) is 0. The molecule has 0 amide bonds. The molecule has 2 aliphatic heterocycles. The molecule has 2 heterocycles. The van der Waals surface area contributed by atoms with Gasteiger partial charge < -0.3 is 4.65 Å². The number of benzene rings is 1. The third-order valence-electron chi connectivity index (χ3n) is 4.81. The zero-order chi connectivity index (χ0) is 13.1. The van der Waals surface area contributed by atoms with E-state index < -0.39 is 0 Å². The van der Waals surface area contributed by atoms with Crippen LogP contribution in [-0.4, -0.2) is 6.92 Å². The molecule has 19 heavy (non-hydrogen) atoms. The van der Waals surface area contributed by atoms with Gasteiger partial charge >= 0.3 is 6.92 Å². The fourth-order valence-electron chi connectivity index (χ4n) is 3.86. The molecule has 3 rings (SSSR count). The van der Waals surface area contributed by atoms with E-state index in [9.17, 15) is 0 Å². The summed E-state index contributed by atoms with van der Waals surface area (Å²) >= 11 is 0. The predicted molar refractivity (Wildman–Crippen MR) is 82.1 cm³/mol. The highest BCUT2D eigenvalue weighted by atomic mass is 16.4. The van der Waals surface area contributed by atoms with Crippen LogP contribution in [0.4, 0.5) is 0 Å². The van der Waals surface area contributed by atoms with E-state index in [2.05, 4.69) is 43.3 Å². The normalized spacial score (nSPS) is 27.2. The number of hydrogen-bond donors (Lipinski definition) is 0. The predicted octanol–water partition coefficient (Wildman–Crippen LogP) is 5.16. The third kappa shape index (κ3) is 2.73. The molecule has 0 N–H and O–H groups in total. The Morgan fingerprint density at radius 1 is 1.05 bits per heavy atom. The van der Waals surface area contributed by atoms with E-state index in [1.54, 1.807) is 0 Å². The molecule has 0 saturated carbocycles. The highest BCUT2D eigenvalue weighted by molar-refractivity contribution is 6.57. The summed E-state index contributed by atoms with van der Waals surface area (Å²) in [7, 11) is 0.